The number of nitro benzene ring substituents is 1. The molecule has 6 heteroatoms. The number of rotatable bonds is 2. The van der Waals surface area contributed by atoms with E-state index in [1.807, 2.05) is 4.57 Å². The van der Waals surface area contributed by atoms with Crippen LogP contribution in [0.4, 0.5) is 5.69 Å². The highest BCUT2D eigenvalue weighted by Gasteiger charge is 2.14. The number of aromatic nitrogens is 3. The quantitative estimate of drug-likeness (QED) is 0.509. The van der Waals surface area contributed by atoms with Gasteiger partial charge in [0.1, 0.15) is 0 Å². The normalized spacial score (nSPS) is 10.7. The van der Waals surface area contributed by atoms with E-state index in [0.717, 1.165) is 11.1 Å². The molecule has 0 saturated heterocycles. The molecule has 0 radical (unpaired) electrons. The SMILES string of the molecule is O=[N+]([O-])c1ccc(-n2ccnc2)c2ccncc12. The average molecular weight is 240 g/mol. The molecule has 2 heterocycles. The van der Waals surface area contributed by atoms with Gasteiger partial charge in [-0.3, -0.25) is 15.1 Å². The number of hydrogen-bond acceptors (Lipinski definition) is 4. The van der Waals surface area contributed by atoms with E-state index in [-0.39, 0.29) is 5.69 Å². The highest BCUT2D eigenvalue weighted by molar-refractivity contribution is 5.96. The van der Waals surface area contributed by atoms with Crippen molar-refractivity contribution in [2.75, 3.05) is 0 Å². The molecule has 0 N–H and O–H groups in total. The molecule has 3 aromatic rings. The van der Waals surface area contributed by atoms with Gasteiger partial charge in [0.05, 0.1) is 22.3 Å². The van der Waals surface area contributed by atoms with Crippen LogP contribution in [0.2, 0.25) is 0 Å². The predicted molar refractivity (Wildman–Crippen MR) is 65.5 cm³/mol. The summed E-state index contributed by atoms with van der Waals surface area (Å²) in [5.74, 6) is 0. The lowest BCUT2D eigenvalue weighted by Gasteiger charge is -2.07. The van der Waals surface area contributed by atoms with E-state index >= 15 is 0 Å². The van der Waals surface area contributed by atoms with E-state index in [0.29, 0.717) is 5.39 Å². The average Bonchev–Trinajstić information content (AvgIpc) is 2.91. The maximum absolute atomic E-state index is 11.0. The number of benzene rings is 1. The molecule has 88 valence electrons. The van der Waals surface area contributed by atoms with Crippen LogP contribution in [0, 0.1) is 10.1 Å². The largest absolute Gasteiger partial charge is 0.306 e. The Morgan fingerprint density at radius 1 is 1.11 bits per heavy atom. The van der Waals surface area contributed by atoms with E-state index in [4.69, 9.17) is 0 Å². The molecule has 3 rings (SSSR count). The third kappa shape index (κ3) is 1.51. The highest BCUT2D eigenvalue weighted by Crippen LogP contribution is 2.29. The molecule has 0 atom stereocenters. The van der Waals surface area contributed by atoms with Gasteiger partial charge in [-0.2, -0.15) is 0 Å². The Labute approximate surface area is 102 Å². The summed E-state index contributed by atoms with van der Waals surface area (Å²) in [6, 6.07) is 4.96. The molecule has 0 fully saturated rings. The molecule has 0 spiro atoms. The van der Waals surface area contributed by atoms with Crippen molar-refractivity contribution in [3.8, 4) is 5.69 Å². The Bertz CT molecular complexity index is 722. The number of nitro groups is 1. The molecule has 6 nitrogen and oxygen atoms in total. The lowest BCUT2D eigenvalue weighted by molar-refractivity contribution is -0.383. The topological polar surface area (TPSA) is 73.8 Å². The first-order valence-corrected chi connectivity index (χ1v) is 5.27. The molecule has 0 amide bonds. The second-order valence-corrected chi connectivity index (χ2v) is 3.75. The van der Waals surface area contributed by atoms with Crippen molar-refractivity contribution in [2.45, 2.75) is 0 Å². The Hall–Kier alpha value is -2.76. The Morgan fingerprint density at radius 2 is 2.00 bits per heavy atom. The number of nitrogens with zero attached hydrogens (tertiary/aromatic N) is 4. The number of fused-ring (bicyclic) bond motifs is 1. The van der Waals surface area contributed by atoms with Crippen molar-refractivity contribution in [1.29, 1.82) is 0 Å². The van der Waals surface area contributed by atoms with Gasteiger partial charge in [-0.15, -0.1) is 0 Å². The van der Waals surface area contributed by atoms with Gasteiger partial charge in [0.25, 0.3) is 5.69 Å². The number of hydrogen-bond donors (Lipinski definition) is 0. The monoisotopic (exact) mass is 240 g/mol. The standard InChI is InChI=1S/C12H8N4O2/c17-16(18)12-2-1-11(15-6-5-14-8-15)9-3-4-13-7-10(9)12/h1-8H. The second kappa shape index (κ2) is 3.92. The molecule has 0 saturated carbocycles. The van der Waals surface area contributed by atoms with Crippen LogP contribution >= 0.6 is 0 Å². The molecule has 0 aliphatic heterocycles. The van der Waals surface area contributed by atoms with Gasteiger partial charge < -0.3 is 4.57 Å². The first-order chi connectivity index (χ1) is 8.77. The maximum Gasteiger partial charge on any atom is 0.278 e. The second-order valence-electron chi connectivity index (χ2n) is 3.75. The molecule has 18 heavy (non-hydrogen) atoms. The zero-order valence-electron chi connectivity index (χ0n) is 9.22. The van der Waals surface area contributed by atoms with E-state index in [9.17, 15) is 10.1 Å². The Balaban J connectivity index is 2.37. The number of pyridine rings is 1. The first kappa shape index (κ1) is 10.4. The summed E-state index contributed by atoms with van der Waals surface area (Å²) < 4.78 is 1.81. The third-order valence-electron chi connectivity index (χ3n) is 2.75. The van der Waals surface area contributed by atoms with Crippen molar-refractivity contribution in [3.63, 3.8) is 0 Å². The van der Waals surface area contributed by atoms with E-state index in [2.05, 4.69) is 9.97 Å². The molecule has 1 aromatic carbocycles. The highest BCUT2D eigenvalue weighted by atomic mass is 16.6. The van der Waals surface area contributed by atoms with Crippen LogP contribution in [-0.2, 0) is 0 Å². The van der Waals surface area contributed by atoms with Crippen molar-refractivity contribution in [2.24, 2.45) is 0 Å². The van der Waals surface area contributed by atoms with Crippen LogP contribution in [0.15, 0.2) is 49.3 Å². The molecule has 0 aliphatic rings. The summed E-state index contributed by atoms with van der Waals surface area (Å²) in [5.41, 5.74) is 0.900. The molecular weight excluding hydrogens is 232 g/mol. The van der Waals surface area contributed by atoms with Gasteiger partial charge in [0.2, 0.25) is 0 Å². The zero-order valence-corrected chi connectivity index (χ0v) is 9.22. The van der Waals surface area contributed by atoms with Crippen molar-refractivity contribution in [3.05, 3.63) is 59.4 Å². The lowest BCUT2D eigenvalue weighted by Crippen LogP contribution is -1.96. The van der Waals surface area contributed by atoms with Crippen LogP contribution in [0.25, 0.3) is 16.5 Å². The van der Waals surface area contributed by atoms with Gasteiger partial charge in [0.15, 0.2) is 0 Å². The van der Waals surface area contributed by atoms with Crippen molar-refractivity contribution >= 4 is 16.5 Å². The summed E-state index contributed by atoms with van der Waals surface area (Å²) in [5, 5.41) is 12.3. The van der Waals surface area contributed by atoms with Crippen molar-refractivity contribution in [1.82, 2.24) is 14.5 Å². The minimum Gasteiger partial charge on any atom is -0.306 e. The molecule has 0 aliphatic carbocycles. The lowest BCUT2D eigenvalue weighted by atomic mass is 10.1. The summed E-state index contributed by atoms with van der Waals surface area (Å²) in [6.07, 6.45) is 8.23. The summed E-state index contributed by atoms with van der Waals surface area (Å²) in [7, 11) is 0. The summed E-state index contributed by atoms with van der Waals surface area (Å²) in [4.78, 5) is 18.5. The molecule has 2 aromatic heterocycles. The van der Waals surface area contributed by atoms with Gasteiger partial charge in [-0.05, 0) is 12.1 Å². The van der Waals surface area contributed by atoms with Gasteiger partial charge >= 0.3 is 0 Å². The predicted octanol–water partition coefficient (Wildman–Crippen LogP) is 2.33. The number of imidazole rings is 1. The van der Waals surface area contributed by atoms with Gasteiger partial charge in [0, 0.05) is 36.2 Å². The van der Waals surface area contributed by atoms with E-state index in [1.54, 1.807) is 37.1 Å². The third-order valence-corrected chi connectivity index (χ3v) is 2.75. The molecule has 0 bridgehead atoms. The van der Waals surface area contributed by atoms with Crippen LogP contribution < -0.4 is 0 Å². The van der Waals surface area contributed by atoms with Gasteiger partial charge in [-0.1, -0.05) is 0 Å². The minimum absolute atomic E-state index is 0.0574. The summed E-state index contributed by atoms with van der Waals surface area (Å²) in [6.45, 7) is 0. The fourth-order valence-corrected chi connectivity index (χ4v) is 1.95. The first-order valence-electron chi connectivity index (χ1n) is 5.27. The van der Waals surface area contributed by atoms with E-state index in [1.165, 1.54) is 12.3 Å². The fraction of sp³-hybridized carbons (Fsp3) is 0. The van der Waals surface area contributed by atoms with Crippen LogP contribution in [0.3, 0.4) is 0 Å². The fourth-order valence-electron chi connectivity index (χ4n) is 1.95. The van der Waals surface area contributed by atoms with E-state index < -0.39 is 4.92 Å². The number of non-ortho nitro benzene ring substituents is 1. The van der Waals surface area contributed by atoms with Crippen LogP contribution in [0.5, 0.6) is 0 Å². The minimum atomic E-state index is -0.401. The van der Waals surface area contributed by atoms with Crippen LogP contribution in [0.1, 0.15) is 0 Å². The molecular formula is C12H8N4O2. The van der Waals surface area contributed by atoms with Gasteiger partial charge in [-0.25, -0.2) is 4.98 Å². The van der Waals surface area contributed by atoms with Crippen LogP contribution in [-0.4, -0.2) is 19.5 Å². The maximum atomic E-state index is 11.0. The smallest absolute Gasteiger partial charge is 0.278 e. The Kier molecular flexibility index (Phi) is 2.26. The summed E-state index contributed by atoms with van der Waals surface area (Å²) >= 11 is 0. The van der Waals surface area contributed by atoms with Crippen molar-refractivity contribution < 1.29 is 4.92 Å². The molecule has 0 unspecified atom stereocenters. The zero-order chi connectivity index (χ0) is 12.5. The Morgan fingerprint density at radius 3 is 2.72 bits per heavy atom.